The van der Waals surface area contributed by atoms with Crippen LogP contribution in [0, 0.1) is 12.8 Å². The van der Waals surface area contributed by atoms with E-state index in [-0.39, 0.29) is 5.91 Å². The lowest BCUT2D eigenvalue weighted by Gasteiger charge is -2.30. The molecule has 20 heavy (non-hydrogen) atoms. The second-order valence-corrected chi connectivity index (χ2v) is 6.28. The third-order valence-corrected chi connectivity index (χ3v) is 4.76. The highest BCUT2D eigenvalue weighted by Crippen LogP contribution is 2.24. The Labute approximate surface area is 122 Å². The van der Waals surface area contributed by atoms with Crippen molar-refractivity contribution < 1.29 is 14.7 Å². The van der Waals surface area contributed by atoms with Gasteiger partial charge < -0.3 is 10.0 Å². The highest BCUT2D eigenvalue weighted by atomic mass is 32.1. The number of hydrogen-bond donors (Lipinski definition) is 1. The summed E-state index contributed by atoms with van der Waals surface area (Å²) in [5.74, 6) is -1.31. The van der Waals surface area contributed by atoms with E-state index in [9.17, 15) is 9.59 Å². The van der Waals surface area contributed by atoms with Crippen LogP contribution in [0.2, 0.25) is 0 Å². The quantitative estimate of drug-likeness (QED) is 0.926. The predicted octanol–water partition coefficient (Wildman–Crippen LogP) is 2.34. The second kappa shape index (κ2) is 6.35. The molecule has 0 unspecified atom stereocenters. The Kier molecular flexibility index (Phi) is 4.75. The predicted molar refractivity (Wildman–Crippen MR) is 77.1 cm³/mol. The first-order chi connectivity index (χ1) is 9.52. The molecule has 1 amide bonds. The van der Waals surface area contributed by atoms with Gasteiger partial charge in [0, 0.05) is 13.1 Å². The molecule has 2 heterocycles. The minimum atomic E-state index is -0.810. The minimum Gasteiger partial charge on any atom is -0.481 e. The summed E-state index contributed by atoms with van der Waals surface area (Å²) in [5.41, 5.74) is 0.765. The van der Waals surface area contributed by atoms with Crippen molar-refractivity contribution in [1.82, 2.24) is 9.88 Å². The number of carbonyl (C=O) groups is 2. The molecule has 1 aromatic heterocycles. The van der Waals surface area contributed by atoms with E-state index in [0.29, 0.717) is 24.4 Å². The van der Waals surface area contributed by atoms with Gasteiger partial charge >= 0.3 is 5.97 Å². The maximum atomic E-state index is 12.5. The molecule has 0 saturated carbocycles. The Balaban J connectivity index is 2.12. The Bertz CT molecular complexity index is 513. The maximum Gasteiger partial charge on any atom is 0.308 e. The van der Waals surface area contributed by atoms with E-state index in [2.05, 4.69) is 11.9 Å². The van der Waals surface area contributed by atoms with Crippen LogP contribution in [-0.2, 0) is 11.2 Å². The molecule has 1 aliphatic heterocycles. The number of piperidine rings is 1. The van der Waals surface area contributed by atoms with Crippen molar-refractivity contribution in [1.29, 1.82) is 0 Å². The van der Waals surface area contributed by atoms with Crippen LogP contribution in [0.3, 0.4) is 0 Å². The summed E-state index contributed by atoms with van der Waals surface area (Å²) in [4.78, 5) is 30.3. The molecular formula is C14H20N2O3S. The molecule has 1 saturated heterocycles. The molecule has 2 rings (SSSR count). The molecule has 0 bridgehead atoms. The monoisotopic (exact) mass is 296 g/mol. The molecule has 1 aromatic rings. The van der Waals surface area contributed by atoms with Crippen molar-refractivity contribution in [3.8, 4) is 0 Å². The second-order valence-electron chi connectivity index (χ2n) is 5.20. The number of thiazole rings is 1. The number of aliphatic carboxylic acids is 1. The van der Waals surface area contributed by atoms with E-state index in [4.69, 9.17) is 5.11 Å². The molecule has 1 aliphatic rings. The first-order valence-corrected chi connectivity index (χ1v) is 7.83. The van der Waals surface area contributed by atoms with Gasteiger partial charge in [-0.15, -0.1) is 11.3 Å². The number of carboxylic acids is 1. The number of carboxylic acid groups (broad SMARTS) is 1. The average Bonchev–Trinajstić information content (AvgIpc) is 2.79. The summed E-state index contributed by atoms with van der Waals surface area (Å²) in [5, 5.41) is 10.1. The van der Waals surface area contributed by atoms with Gasteiger partial charge in [0.25, 0.3) is 5.91 Å². The molecule has 1 atom stereocenters. The number of aryl methyl sites for hydroxylation is 2. The molecule has 0 aliphatic carbocycles. The molecule has 0 spiro atoms. The van der Waals surface area contributed by atoms with E-state index in [1.54, 1.807) is 4.90 Å². The Morgan fingerprint density at radius 1 is 1.50 bits per heavy atom. The fourth-order valence-electron chi connectivity index (χ4n) is 2.48. The van der Waals surface area contributed by atoms with Crippen molar-refractivity contribution in [3.63, 3.8) is 0 Å². The summed E-state index contributed by atoms with van der Waals surface area (Å²) in [6.45, 7) is 4.89. The van der Waals surface area contributed by atoms with Gasteiger partial charge in [0.2, 0.25) is 0 Å². The Morgan fingerprint density at radius 3 is 2.90 bits per heavy atom. The molecule has 5 nitrogen and oxygen atoms in total. The van der Waals surface area contributed by atoms with E-state index in [0.717, 1.165) is 30.0 Å². The third-order valence-electron chi connectivity index (χ3n) is 3.56. The molecule has 110 valence electrons. The van der Waals surface area contributed by atoms with Gasteiger partial charge in [-0.3, -0.25) is 9.59 Å². The van der Waals surface area contributed by atoms with Crippen LogP contribution < -0.4 is 0 Å². The highest BCUT2D eigenvalue weighted by molar-refractivity contribution is 7.13. The topological polar surface area (TPSA) is 70.5 Å². The molecule has 0 radical (unpaired) electrons. The smallest absolute Gasteiger partial charge is 0.308 e. The van der Waals surface area contributed by atoms with Crippen molar-refractivity contribution in [2.75, 3.05) is 13.1 Å². The Hall–Kier alpha value is -1.43. The van der Waals surface area contributed by atoms with Gasteiger partial charge in [0.15, 0.2) is 0 Å². The Morgan fingerprint density at radius 2 is 2.25 bits per heavy atom. The number of carbonyl (C=O) groups excluding carboxylic acids is 1. The number of hydrogen-bond acceptors (Lipinski definition) is 4. The summed E-state index contributed by atoms with van der Waals surface area (Å²) in [7, 11) is 0. The zero-order chi connectivity index (χ0) is 14.7. The minimum absolute atomic E-state index is 0.0618. The largest absolute Gasteiger partial charge is 0.481 e. The van der Waals surface area contributed by atoms with E-state index in [1.807, 2.05) is 6.92 Å². The summed E-state index contributed by atoms with van der Waals surface area (Å²) < 4.78 is 0. The van der Waals surface area contributed by atoms with Crippen LogP contribution in [0.1, 0.15) is 46.6 Å². The molecular weight excluding hydrogens is 276 g/mol. The van der Waals surface area contributed by atoms with Gasteiger partial charge in [-0.05, 0) is 32.6 Å². The number of amides is 1. The first-order valence-electron chi connectivity index (χ1n) is 7.01. The van der Waals surface area contributed by atoms with Crippen LogP contribution in [0.5, 0.6) is 0 Å². The lowest BCUT2D eigenvalue weighted by molar-refractivity contribution is -0.143. The highest BCUT2D eigenvalue weighted by Gasteiger charge is 2.30. The van der Waals surface area contributed by atoms with E-state index >= 15 is 0 Å². The SMILES string of the molecule is CCCc1nc(C)c(C(=O)N2CCC[C@H](C(=O)O)C2)s1. The normalized spacial score (nSPS) is 19.1. The molecule has 1 N–H and O–H groups in total. The zero-order valence-electron chi connectivity index (χ0n) is 11.9. The van der Waals surface area contributed by atoms with Gasteiger partial charge in [0.05, 0.1) is 16.6 Å². The van der Waals surface area contributed by atoms with Crippen molar-refractivity contribution in [3.05, 3.63) is 15.6 Å². The summed E-state index contributed by atoms with van der Waals surface area (Å²) in [6.07, 6.45) is 3.30. The van der Waals surface area contributed by atoms with Crippen LogP contribution in [0.25, 0.3) is 0 Å². The fourth-order valence-corrected chi connectivity index (χ4v) is 3.61. The zero-order valence-corrected chi connectivity index (χ0v) is 12.7. The van der Waals surface area contributed by atoms with Crippen LogP contribution in [0.4, 0.5) is 0 Å². The number of aromatic nitrogens is 1. The number of likely N-dealkylation sites (tertiary alicyclic amines) is 1. The fraction of sp³-hybridized carbons (Fsp3) is 0.643. The summed E-state index contributed by atoms with van der Waals surface area (Å²) >= 11 is 1.45. The first kappa shape index (κ1) is 15.0. The van der Waals surface area contributed by atoms with Gasteiger partial charge in [-0.25, -0.2) is 4.98 Å². The molecule has 6 heteroatoms. The standard InChI is InChI=1S/C14H20N2O3S/c1-3-5-11-15-9(2)12(20-11)13(17)16-7-4-6-10(8-16)14(18)19/h10H,3-8H2,1-2H3,(H,18,19)/t10-/m0/s1. The number of nitrogens with zero attached hydrogens (tertiary/aromatic N) is 2. The lowest BCUT2D eigenvalue weighted by Crippen LogP contribution is -2.42. The van der Waals surface area contributed by atoms with E-state index in [1.165, 1.54) is 11.3 Å². The summed E-state index contributed by atoms with van der Waals surface area (Å²) in [6, 6.07) is 0. The van der Waals surface area contributed by atoms with Crippen LogP contribution in [-0.4, -0.2) is 40.0 Å². The third kappa shape index (κ3) is 3.17. The van der Waals surface area contributed by atoms with Crippen molar-refractivity contribution >= 4 is 23.2 Å². The molecule has 1 fully saturated rings. The van der Waals surface area contributed by atoms with Crippen molar-refractivity contribution in [2.24, 2.45) is 5.92 Å². The lowest BCUT2D eigenvalue weighted by atomic mass is 9.98. The van der Waals surface area contributed by atoms with Crippen LogP contribution >= 0.6 is 11.3 Å². The van der Waals surface area contributed by atoms with Gasteiger partial charge in [-0.2, -0.15) is 0 Å². The maximum absolute atomic E-state index is 12.5. The van der Waals surface area contributed by atoms with E-state index < -0.39 is 11.9 Å². The average molecular weight is 296 g/mol. The van der Waals surface area contributed by atoms with Crippen LogP contribution in [0.15, 0.2) is 0 Å². The van der Waals surface area contributed by atoms with Crippen molar-refractivity contribution in [2.45, 2.75) is 39.5 Å². The molecule has 0 aromatic carbocycles. The number of rotatable bonds is 4. The van der Waals surface area contributed by atoms with Gasteiger partial charge in [0.1, 0.15) is 4.88 Å². The van der Waals surface area contributed by atoms with Gasteiger partial charge in [-0.1, -0.05) is 6.92 Å².